The van der Waals surface area contributed by atoms with Gasteiger partial charge in [-0.05, 0) is 29.7 Å². The summed E-state index contributed by atoms with van der Waals surface area (Å²) in [5.74, 6) is 1.55. The molecule has 1 aromatic rings. The topological polar surface area (TPSA) is 50.4 Å². The lowest BCUT2D eigenvalue weighted by Gasteiger charge is -2.32. The van der Waals surface area contributed by atoms with Crippen LogP contribution in [0.4, 0.5) is 0 Å². The molecule has 2 aliphatic heterocycles. The lowest BCUT2D eigenvalue weighted by molar-refractivity contribution is -0.123. The fourth-order valence-electron chi connectivity index (χ4n) is 2.94. The first-order valence-electron chi connectivity index (χ1n) is 7.66. The average molecular weight is 422 g/mol. The Balaban J connectivity index is 0.00000192. The first kappa shape index (κ1) is 19.1. The fourth-order valence-corrected chi connectivity index (χ4v) is 4.48. The Bertz CT molecular complexity index is 555. The molecule has 2 heterocycles. The zero-order chi connectivity index (χ0) is 15.5. The van der Waals surface area contributed by atoms with Crippen LogP contribution in [0.1, 0.15) is 24.9 Å². The number of morpholine rings is 1. The molecule has 4 nitrogen and oxygen atoms in total. The third kappa shape index (κ3) is 4.86. The van der Waals surface area contributed by atoms with Gasteiger partial charge in [0.2, 0.25) is 5.91 Å². The molecule has 3 atom stereocenters. The van der Waals surface area contributed by atoms with E-state index in [0.29, 0.717) is 18.9 Å². The predicted molar refractivity (Wildman–Crippen MR) is 99.4 cm³/mol. The van der Waals surface area contributed by atoms with E-state index in [-0.39, 0.29) is 30.4 Å². The molecule has 1 saturated heterocycles. The summed E-state index contributed by atoms with van der Waals surface area (Å²) in [6, 6.07) is 6.54. The van der Waals surface area contributed by atoms with E-state index in [1.807, 2.05) is 11.8 Å². The van der Waals surface area contributed by atoms with E-state index >= 15 is 0 Å². The van der Waals surface area contributed by atoms with E-state index in [9.17, 15) is 4.79 Å². The second-order valence-electron chi connectivity index (χ2n) is 5.95. The highest BCUT2D eigenvalue weighted by Crippen LogP contribution is 2.40. The minimum atomic E-state index is 0. The second-order valence-corrected chi connectivity index (χ2v) is 7.92. The largest absolute Gasteiger partial charge is 0.378 e. The molecule has 0 aromatic heterocycles. The summed E-state index contributed by atoms with van der Waals surface area (Å²) in [6.07, 6.45) is 0.472. The molecule has 0 radical (unpaired) electrons. The lowest BCUT2D eigenvalue weighted by atomic mass is 9.95. The molecule has 0 saturated carbocycles. The number of rotatable bonds is 3. The minimum Gasteiger partial charge on any atom is -0.378 e. The molecule has 128 valence electrons. The van der Waals surface area contributed by atoms with Crippen molar-refractivity contribution in [1.29, 1.82) is 0 Å². The van der Waals surface area contributed by atoms with Crippen LogP contribution in [0.15, 0.2) is 27.6 Å². The zero-order valence-corrected chi connectivity index (χ0v) is 16.2. The smallest absolute Gasteiger partial charge is 0.222 e. The van der Waals surface area contributed by atoms with Gasteiger partial charge in [-0.15, -0.1) is 24.2 Å². The van der Waals surface area contributed by atoms with Crippen LogP contribution in [0.5, 0.6) is 0 Å². The van der Waals surface area contributed by atoms with Crippen molar-refractivity contribution in [1.82, 2.24) is 10.6 Å². The number of hydrogen-bond donors (Lipinski definition) is 2. The molecule has 0 bridgehead atoms. The first-order chi connectivity index (χ1) is 10.6. The number of benzene rings is 1. The number of amides is 1. The summed E-state index contributed by atoms with van der Waals surface area (Å²) in [5, 5.41) is 6.56. The Morgan fingerprint density at radius 3 is 3.09 bits per heavy atom. The van der Waals surface area contributed by atoms with Crippen LogP contribution in [0.25, 0.3) is 0 Å². The van der Waals surface area contributed by atoms with Crippen LogP contribution in [-0.4, -0.2) is 37.5 Å². The predicted octanol–water partition coefficient (Wildman–Crippen LogP) is 3.15. The van der Waals surface area contributed by atoms with Gasteiger partial charge in [0.25, 0.3) is 0 Å². The van der Waals surface area contributed by atoms with Crippen molar-refractivity contribution < 1.29 is 9.53 Å². The van der Waals surface area contributed by atoms with Gasteiger partial charge in [-0.3, -0.25) is 4.79 Å². The van der Waals surface area contributed by atoms with Crippen molar-refractivity contribution in [3.05, 3.63) is 28.2 Å². The molecule has 1 fully saturated rings. The zero-order valence-electron chi connectivity index (χ0n) is 13.0. The Morgan fingerprint density at radius 2 is 2.35 bits per heavy atom. The van der Waals surface area contributed by atoms with Crippen LogP contribution < -0.4 is 10.6 Å². The number of carbonyl (C=O) groups excluding carboxylic acids is 1. The maximum atomic E-state index is 12.4. The Labute approximate surface area is 156 Å². The molecule has 3 unspecified atom stereocenters. The number of thioether (sulfide) groups is 1. The minimum absolute atomic E-state index is 0. The summed E-state index contributed by atoms with van der Waals surface area (Å²) in [7, 11) is 0. The number of nitrogens with one attached hydrogen (secondary N) is 2. The van der Waals surface area contributed by atoms with E-state index in [4.69, 9.17) is 4.74 Å². The monoisotopic (exact) mass is 420 g/mol. The summed E-state index contributed by atoms with van der Waals surface area (Å²) in [5.41, 5.74) is 1.22. The van der Waals surface area contributed by atoms with Gasteiger partial charge in [-0.25, -0.2) is 0 Å². The van der Waals surface area contributed by atoms with Gasteiger partial charge in [-0.2, -0.15) is 0 Å². The van der Waals surface area contributed by atoms with Gasteiger partial charge in [0, 0.05) is 34.1 Å². The molecular formula is C16H22BrClN2O2S. The highest BCUT2D eigenvalue weighted by Gasteiger charge is 2.29. The first-order valence-corrected chi connectivity index (χ1v) is 9.44. The van der Waals surface area contributed by atoms with Gasteiger partial charge in [-0.1, -0.05) is 22.9 Å². The van der Waals surface area contributed by atoms with E-state index in [1.54, 1.807) is 0 Å². The van der Waals surface area contributed by atoms with Crippen LogP contribution in [-0.2, 0) is 9.53 Å². The molecule has 2 N–H and O–H groups in total. The highest BCUT2D eigenvalue weighted by molar-refractivity contribution is 9.10. The van der Waals surface area contributed by atoms with Gasteiger partial charge < -0.3 is 15.4 Å². The number of ether oxygens (including phenoxy) is 1. The molecule has 7 heteroatoms. The van der Waals surface area contributed by atoms with Crippen molar-refractivity contribution in [2.75, 3.05) is 25.5 Å². The number of carbonyl (C=O) groups is 1. The maximum Gasteiger partial charge on any atom is 0.222 e. The van der Waals surface area contributed by atoms with Crippen molar-refractivity contribution >= 4 is 46.0 Å². The molecular weight excluding hydrogens is 400 g/mol. The van der Waals surface area contributed by atoms with Gasteiger partial charge in [0.05, 0.1) is 19.3 Å². The van der Waals surface area contributed by atoms with E-state index in [2.05, 4.69) is 51.7 Å². The quantitative estimate of drug-likeness (QED) is 0.787. The fraction of sp³-hybridized carbons (Fsp3) is 0.562. The molecule has 23 heavy (non-hydrogen) atoms. The van der Waals surface area contributed by atoms with E-state index in [1.165, 1.54) is 10.5 Å². The highest BCUT2D eigenvalue weighted by atomic mass is 79.9. The third-order valence-electron chi connectivity index (χ3n) is 4.12. The lowest BCUT2D eigenvalue weighted by Crippen LogP contribution is -2.45. The standard InChI is InChI=1S/C16H21BrN2O2S.ClH/c1-10-9-22-14-3-2-11(17)6-13(14)16(10)19-15(20)7-12-8-21-5-4-18-12;/h2-3,6,10,12,16,18H,4-5,7-9H2,1H3,(H,19,20);1H. The number of halogens is 2. The number of fused-ring (bicyclic) bond motifs is 1. The van der Waals surface area contributed by atoms with Crippen molar-refractivity contribution in [3.63, 3.8) is 0 Å². The Kier molecular flexibility index (Phi) is 7.22. The number of hydrogen-bond acceptors (Lipinski definition) is 4. The van der Waals surface area contributed by atoms with E-state index in [0.717, 1.165) is 23.4 Å². The SMILES string of the molecule is CC1CSc2ccc(Br)cc2C1NC(=O)CC1COCCN1.Cl. The Morgan fingerprint density at radius 1 is 1.52 bits per heavy atom. The summed E-state index contributed by atoms with van der Waals surface area (Å²) >= 11 is 5.40. The van der Waals surface area contributed by atoms with Gasteiger partial charge in [0.1, 0.15) is 0 Å². The van der Waals surface area contributed by atoms with Crippen LogP contribution in [0.3, 0.4) is 0 Å². The molecule has 1 aromatic carbocycles. The third-order valence-corrected chi connectivity index (χ3v) is 5.99. The van der Waals surface area contributed by atoms with Crippen molar-refractivity contribution in [2.45, 2.75) is 30.3 Å². The van der Waals surface area contributed by atoms with E-state index < -0.39 is 0 Å². The normalized spacial score (nSPS) is 26.8. The van der Waals surface area contributed by atoms with Crippen LogP contribution in [0.2, 0.25) is 0 Å². The summed E-state index contributed by atoms with van der Waals surface area (Å²) in [6.45, 7) is 4.37. The molecule has 3 rings (SSSR count). The maximum absolute atomic E-state index is 12.4. The average Bonchev–Trinajstić information content (AvgIpc) is 2.51. The molecule has 0 spiro atoms. The van der Waals surface area contributed by atoms with Crippen LogP contribution >= 0.6 is 40.1 Å². The second kappa shape index (κ2) is 8.72. The van der Waals surface area contributed by atoms with Gasteiger partial charge >= 0.3 is 0 Å². The van der Waals surface area contributed by atoms with Gasteiger partial charge in [0.15, 0.2) is 0 Å². The molecule has 1 amide bonds. The summed E-state index contributed by atoms with van der Waals surface area (Å²) < 4.78 is 6.47. The van der Waals surface area contributed by atoms with Crippen LogP contribution in [0, 0.1) is 5.92 Å². The summed E-state index contributed by atoms with van der Waals surface area (Å²) in [4.78, 5) is 13.7. The molecule has 0 aliphatic carbocycles. The van der Waals surface area contributed by atoms with Crippen molar-refractivity contribution in [2.24, 2.45) is 5.92 Å². The van der Waals surface area contributed by atoms with Crippen molar-refractivity contribution in [3.8, 4) is 0 Å². The Hall–Kier alpha value is -0.270. The molecule has 2 aliphatic rings.